The minimum Gasteiger partial charge on any atom is -0.508 e. The van der Waals surface area contributed by atoms with Crippen molar-refractivity contribution >= 4 is 5.78 Å². The van der Waals surface area contributed by atoms with Crippen LogP contribution in [0.15, 0.2) is 48.5 Å². The Morgan fingerprint density at radius 1 is 0.800 bits per heavy atom. The number of rotatable bonds is 6. The van der Waals surface area contributed by atoms with Crippen LogP contribution in [-0.4, -0.2) is 62.8 Å². The fourth-order valence-electron chi connectivity index (χ4n) is 1.76. The van der Waals surface area contributed by atoms with E-state index < -0.39 is 31.8 Å². The molecule has 0 aliphatic carbocycles. The second kappa shape index (κ2) is 9.75. The van der Waals surface area contributed by atoms with Gasteiger partial charge in [0.1, 0.15) is 11.5 Å². The molecule has 0 saturated heterocycles. The predicted octanol–water partition coefficient (Wildman–Crippen LogP) is 0.271. The monoisotopic (exact) mass is 350 g/mol. The highest BCUT2D eigenvalue weighted by Gasteiger charge is 2.26. The van der Waals surface area contributed by atoms with Crippen molar-refractivity contribution in [1.29, 1.82) is 0 Å². The average Bonchev–Trinajstić information content (AvgIpc) is 2.65. The molecule has 7 heteroatoms. The highest BCUT2D eigenvalue weighted by atomic mass is 16.3. The van der Waals surface area contributed by atoms with Crippen LogP contribution in [0, 0.1) is 5.41 Å². The first-order valence-electron chi connectivity index (χ1n) is 7.48. The van der Waals surface area contributed by atoms with Gasteiger partial charge in [-0.2, -0.15) is 0 Å². The third kappa shape index (κ3) is 5.54. The molecule has 2 aromatic carbocycles. The van der Waals surface area contributed by atoms with E-state index in [0.29, 0.717) is 5.56 Å². The molecule has 0 radical (unpaired) electrons. The minimum absolute atomic E-state index is 0.0675. The molecule has 0 aromatic heterocycles. The molecule has 2 aromatic rings. The van der Waals surface area contributed by atoms with E-state index in [0.717, 1.165) is 6.07 Å². The number of ketones is 1. The van der Waals surface area contributed by atoms with Gasteiger partial charge in [0.2, 0.25) is 0 Å². The third-order valence-corrected chi connectivity index (χ3v) is 3.60. The molecule has 0 bridgehead atoms. The van der Waals surface area contributed by atoms with Gasteiger partial charge >= 0.3 is 0 Å². The summed E-state index contributed by atoms with van der Waals surface area (Å²) in [5.74, 6) is -0.547. The van der Waals surface area contributed by atoms with Crippen molar-refractivity contribution in [2.45, 2.75) is 0 Å². The van der Waals surface area contributed by atoms with Crippen LogP contribution < -0.4 is 0 Å². The maximum absolute atomic E-state index is 11.9. The SMILES string of the molecule is O=C(c1ccccc1)c1ccc(O)cc1O.OCC(CO)(CO)CO. The number of phenols is 2. The number of hydrogen-bond donors (Lipinski definition) is 6. The van der Waals surface area contributed by atoms with Gasteiger partial charge in [-0.25, -0.2) is 0 Å². The number of aliphatic hydroxyl groups excluding tert-OH is 4. The van der Waals surface area contributed by atoms with Crippen LogP contribution in [0.1, 0.15) is 15.9 Å². The number of carbonyl (C=O) groups excluding carboxylic acids is 1. The van der Waals surface area contributed by atoms with E-state index in [2.05, 4.69) is 0 Å². The number of benzene rings is 2. The third-order valence-electron chi connectivity index (χ3n) is 3.60. The molecule has 0 spiro atoms. The summed E-state index contributed by atoms with van der Waals surface area (Å²) in [4.78, 5) is 11.9. The van der Waals surface area contributed by atoms with E-state index in [9.17, 15) is 9.90 Å². The lowest BCUT2D eigenvalue weighted by Gasteiger charge is -2.23. The summed E-state index contributed by atoms with van der Waals surface area (Å²) >= 11 is 0. The summed E-state index contributed by atoms with van der Waals surface area (Å²) in [5.41, 5.74) is -0.424. The van der Waals surface area contributed by atoms with Crippen LogP contribution in [0.5, 0.6) is 11.5 Å². The number of carbonyl (C=O) groups is 1. The van der Waals surface area contributed by atoms with Crippen molar-refractivity contribution in [3.8, 4) is 11.5 Å². The first-order chi connectivity index (χ1) is 11.9. The molecule has 0 fully saturated rings. The summed E-state index contributed by atoms with van der Waals surface area (Å²) in [5, 5.41) is 52.6. The molecule has 0 amide bonds. The molecule has 7 nitrogen and oxygen atoms in total. The molecule has 0 heterocycles. The van der Waals surface area contributed by atoms with Crippen LogP contribution in [0.4, 0.5) is 0 Å². The molecule has 0 saturated carbocycles. The fraction of sp³-hybridized carbons (Fsp3) is 0.278. The van der Waals surface area contributed by atoms with Gasteiger partial charge in [-0.05, 0) is 12.1 Å². The Morgan fingerprint density at radius 3 is 1.72 bits per heavy atom. The molecule has 136 valence electrons. The van der Waals surface area contributed by atoms with Crippen LogP contribution in [0.2, 0.25) is 0 Å². The first kappa shape index (κ1) is 20.6. The zero-order valence-electron chi connectivity index (χ0n) is 13.5. The number of phenolic OH excluding ortho intramolecular Hbond substituents is 2. The Labute approximate surface area is 145 Å². The lowest BCUT2D eigenvalue weighted by atomic mass is 9.93. The van der Waals surface area contributed by atoms with Gasteiger partial charge in [0.25, 0.3) is 0 Å². The van der Waals surface area contributed by atoms with Gasteiger partial charge in [-0.1, -0.05) is 30.3 Å². The molecule has 2 rings (SSSR count). The zero-order chi connectivity index (χ0) is 18.9. The van der Waals surface area contributed by atoms with Crippen molar-refractivity contribution in [1.82, 2.24) is 0 Å². The Kier molecular flexibility index (Phi) is 8.03. The van der Waals surface area contributed by atoms with E-state index in [1.165, 1.54) is 12.1 Å². The van der Waals surface area contributed by atoms with Crippen LogP contribution in [0.3, 0.4) is 0 Å². The molecule has 0 aliphatic heterocycles. The largest absolute Gasteiger partial charge is 0.508 e. The first-order valence-corrected chi connectivity index (χ1v) is 7.48. The smallest absolute Gasteiger partial charge is 0.196 e. The molecule has 25 heavy (non-hydrogen) atoms. The molecule has 0 aliphatic rings. The summed E-state index contributed by atoms with van der Waals surface area (Å²) in [6.45, 7) is -1.62. The maximum Gasteiger partial charge on any atom is 0.196 e. The second-order valence-corrected chi connectivity index (χ2v) is 5.53. The van der Waals surface area contributed by atoms with Crippen LogP contribution in [0.25, 0.3) is 0 Å². The number of hydrogen-bond acceptors (Lipinski definition) is 7. The van der Waals surface area contributed by atoms with Crippen molar-refractivity contribution in [2.75, 3.05) is 26.4 Å². The standard InChI is InChI=1S/C13H10O3.C5H12O4/c14-10-6-7-11(12(15)8-10)13(16)9-4-2-1-3-5-9;6-1-5(2-7,3-8)4-9/h1-8,14-15H;6-9H,1-4H2. The predicted molar refractivity (Wildman–Crippen MR) is 90.4 cm³/mol. The quantitative estimate of drug-likeness (QED) is 0.411. The Hall–Kier alpha value is -2.45. The highest BCUT2D eigenvalue weighted by Crippen LogP contribution is 2.24. The highest BCUT2D eigenvalue weighted by molar-refractivity contribution is 6.10. The average molecular weight is 350 g/mol. The van der Waals surface area contributed by atoms with E-state index >= 15 is 0 Å². The molecule has 0 atom stereocenters. The topological polar surface area (TPSA) is 138 Å². The normalized spacial score (nSPS) is 10.7. The van der Waals surface area contributed by atoms with Crippen LogP contribution in [-0.2, 0) is 0 Å². The minimum atomic E-state index is -1.11. The Bertz CT molecular complexity index is 649. The zero-order valence-corrected chi connectivity index (χ0v) is 13.5. The summed E-state index contributed by atoms with van der Waals surface area (Å²) in [6.07, 6.45) is 0. The van der Waals surface area contributed by atoms with E-state index in [4.69, 9.17) is 25.5 Å². The lowest BCUT2D eigenvalue weighted by Crippen LogP contribution is -2.37. The van der Waals surface area contributed by atoms with Crippen molar-refractivity contribution in [3.63, 3.8) is 0 Å². The van der Waals surface area contributed by atoms with Gasteiger partial charge in [-0.3, -0.25) is 4.79 Å². The van der Waals surface area contributed by atoms with E-state index in [1.807, 2.05) is 6.07 Å². The van der Waals surface area contributed by atoms with Crippen molar-refractivity contribution in [2.24, 2.45) is 5.41 Å². The molecule has 6 N–H and O–H groups in total. The second-order valence-electron chi connectivity index (χ2n) is 5.53. The Morgan fingerprint density at radius 2 is 1.32 bits per heavy atom. The van der Waals surface area contributed by atoms with Gasteiger partial charge in [0, 0.05) is 11.6 Å². The maximum atomic E-state index is 11.9. The van der Waals surface area contributed by atoms with Gasteiger partial charge < -0.3 is 30.6 Å². The van der Waals surface area contributed by atoms with Crippen LogP contribution >= 0.6 is 0 Å². The molecular formula is C18H22O7. The number of aliphatic hydroxyl groups is 4. The van der Waals surface area contributed by atoms with E-state index in [1.54, 1.807) is 24.3 Å². The van der Waals surface area contributed by atoms with E-state index in [-0.39, 0.29) is 22.8 Å². The number of aromatic hydroxyl groups is 2. The summed E-state index contributed by atoms with van der Waals surface area (Å²) in [7, 11) is 0. The Balaban J connectivity index is 0.000000299. The van der Waals surface area contributed by atoms with Crippen molar-refractivity contribution < 1.29 is 35.4 Å². The van der Waals surface area contributed by atoms with Crippen molar-refractivity contribution in [3.05, 3.63) is 59.7 Å². The van der Waals surface area contributed by atoms with Gasteiger partial charge in [0.15, 0.2) is 5.78 Å². The fourth-order valence-corrected chi connectivity index (χ4v) is 1.76. The molecule has 0 unspecified atom stereocenters. The summed E-state index contributed by atoms with van der Waals surface area (Å²) < 4.78 is 0. The molecular weight excluding hydrogens is 328 g/mol. The summed E-state index contributed by atoms with van der Waals surface area (Å²) in [6, 6.07) is 12.6. The van der Waals surface area contributed by atoms with Gasteiger partial charge in [-0.15, -0.1) is 0 Å². The van der Waals surface area contributed by atoms with Gasteiger partial charge in [0.05, 0.1) is 37.4 Å². The lowest BCUT2D eigenvalue weighted by molar-refractivity contribution is -0.0328.